The standard InChI is InChI=1S/C15H19NO2/c17-11-14(13-6-8-16-9-7-13)15(18)10-12-4-2-1-3-5-12/h1-5,11,13-14,16H,6-10H2. The minimum atomic E-state index is -0.424. The number of aldehydes is 1. The summed E-state index contributed by atoms with van der Waals surface area (Å²) in [6.07, 6.45) is 3.06. The summed E-state index contributed by atoms with van der Waals surface area (Å²) in [6.45, 7) is 1.82. The Bertz CT molecular complexity index is 396. The Labute approximate surface area is 108 Å². The van der Waals surface area contributed by atoms with E-state index < -0.39 is 5.92 Å². The molecule has 0 spiro atoms. The van der Waals surface area contributed by atoms with Crippen LogP contribution >= 0.6 is 0 Å². The highest BCUT2D eigenvalue weighted by Crippen LogP contribution is 2.22. The first-order valence-corrected chi connectivity index (χ1v) is 6.54. The first kappa shape index (κ1) is 13.0. The van der Waals surface area contributed by atoms with Crippen LogP contribution < -0.4 is 5.32 Å². The molecule has 0 aliphatic carbocycles. The lowest BCUT2D eigenvalue weighted by atomic mass is 9.81. The van der Waals surface area contributed by atoms with Crippen molar-refractivity contribution >= 4 is 12.1 Å². The van der Waals surface area contributed by atoms with E-state index in [1.165, 1.54) is 0 Å². The quantitative estimate of drug-likeness (QED) is 0.633. The number of Topliss-reactive ketones (excluding diaryl/α,β-unsaturated/α-hetero) is 1. The van der Waals surface area contributed by atoms with Crippen LogP contribution in [0.5, 0.6) is 0 Å². The molecule has 0 bridgehead atoms. The van der Waals surface area contributed by atoms with Crippen LogP contribution in [0.4, 0.5) is 0 Å². The zero-order valence-corrected chi connectivity index (χ0v) is 10.5. The molecule has 1 N–H and O–H groups in total. The SMILES string of the molecule is O=CC(C(=O)Cc1ccccc1)C1CCNCC1. The Morgan fingerprint density at radius 1 is 1.28 bits per heavy atom. The third-order valence-corrected chi connectivity index (χ3v) is 3.63. The molecule has 1 heterocycles. The van der Waals surface area contributed by atoms with E-state index in [0.717, 1.165) is 37.8 Å². The highest BCUT2D eigenvalue weighted by molar-refractivity contribution is 5.94. The Hall–Kier alpha value is -1.48. The van der Waals surface area contributed by atoms with Crippen LogP contribution in [0, 0.1) is 11.8 Å². The van der Waals surface area contributed by atoms with Crippen molar-refractivity contribution < 1.29 is 9.59 Å². The van der Waals surface area contributed by atoms with Crippen molar-refractivity contribution in [2.24, 2.45) is 11.8 Å². The zero-order valence-electron chi connectivity index (χ0n) is 10.5. The molecule has 1 fully saturated rings. The van der Waals surface area contributed by atoms with Crippen molar-refractivity contribution in [1.29, 1.82) is 0 Å². The van der Waals surface area contributed by atoms with Crippen LogP contribution in [-0.2, 0) is 16.0 Å². The predicted octanol–water partition coefficient (Wildman–Crippen LogP) is 1.61. The van der Waals surface area contributed by atoms with Gasteiger partial charge in [0.2, 0.25) is 0 Å². The second-order valence-corrected chi connectivity index (χ2v) is 4.88. The van der Waals surface area contributed by atoms with E-state index in [1.54, 1.807) is 0 Å². The molecule has 3 nitrogen and oxygen atoms in total. The number of hydrogen-bond acceptors (Lipinski definition) is 3. The summed E-state index contributed by atoms with van der Waals surface area (Å²) in [6, 6.07) is 9.63. The molecule has 1 saturated heterocycles. The minimum Gasteiger partial charge on any atom is -0.317 e. The third-order valence-electron chi connectivity index (χ3n) is 3.63. The topological polar surface area (TPSA) is 46.2 Å². The van der Waals surface area contributed by atoms with Crippen LogP contribution in [0.3, 0.4) is 0 Å². The molecule has 0 saturated carbocycles. The lowest BCUT2D eigenvalue weighted by Gasteiger charge is -2.26. The number of benzene rings is 1. The van der Waals surface area contributed by atoms with Crippen LogP contribution in [0.15, 0.2) is 30.3 Å². The Kier molecular flexibility index (Phi) is 4.65. The van der Waals surface area contributed by atoms with Gasteiger partial charge in [-0.2, -0.15) is 0 Å². The summed E-state index contributed by atoms with van der Waals surface area (Å²) in [5, 5.41) is 3.26. The maximum absolute atomic E-state index is 12.2. The van der Waals surface area contributed by atoms with Crippen molar-refractivity contribution in [3.63, 3.8) is 0 Å². The van der Waals surface area contributed by atoms with E-state index in [-0.39, 0.29) is 11.7 Å². The molecular weight excluding hydrogens is 226 g/mol. The molecule has 1 aliphatic rings. The van der Waals surface area contributed by atoms with E-state index in [2.05, 4.69) is 5.32 Å². The molecule has 1 aromatic carbocycles. The van der Waals surface area contributed by atoms with Gasteiger partial charge in [-0.1, -0.05) is 30.3 Å². The van der Waals surface area contributed by atoms with Crippen molar-refractivity contribution in [2.75, 3.05) is 13.1 Å². The van der Waals surface area contributed by atoms with E-state index in [0.29, 0.717) is 6.42 Å². The fraction of sp³-hybridized carbons (Fsp3) is 0.467. The molecule has 0 amide bonds. The Morgan fingerprint density at radius 3 is 2.56 bits per heavy atom. The average Bonchev–Trinajstić information content (AvgIpc) is 2.42. The number of nitrogens with one attached hydrogen (secondary N) is 1. The van der Waals surface area contributed by atoms with Gasteiger partial charge in [-0.25, -0.2) is 0 Å². The number of carbonyl (C=O) groups excluding carboxylic acids is 2. The second-order valence-electron chi connectivity index (χ2n) is 4.88. The van der Waals surface area contributed by atoms with Crippen molar-refractivity contribution in [3.8, 4) is 0 Å². The van der Waals surface area contributed by atoms with Gasteiger partial charge >= 0.3 is 0 Å². The number of carbonyl (C=O) groups is 2. The summed E-state index contributed by atoms with van der Waals surface area (Å²) in [7, 11) is 0. The van der Waals surface area contributed by atoms with Crippen molar-refractivity contribution in [3.05, 3.63) is 35.9 Å². The molecule has 1 aliphatic heterocycles. The van der Waals surface area contributed by atoms with Crippen LogP contribution in [0.25, 0.3) is 0 Å². The lowest BCUT2D eigenvalue weighted by molar-refractivity contribution is -0.129. The van der Waals surface area contributed by atoms with Gasteiger partial charge in [0, 0.05) is 6.42 Å². The molecule has 3 heteroatoms. The highest BCUT2D eigenvalue weighted by Gasteiger charge is 2.28. The number of piperidine rings is 1. The Morgan fingerprint density at radius 2 is 1.94 bits per heavy atom. The van der Waals surface area contributed by atoms with Gasteiger partial charge < -0.3 is 10.1 Å². The van der Waals surface area contributed by atoms with E-state index in [9.17, 15) is 9.59 Å². The smallest absolute Gasteiger partial charge is 0.147 e. The zero-order chi connectivity index (χ0) is 12.8. The Balaban J connectivity index is 1.99. The summed E-state index contributed by atoms with van der Waals surface area (Å²) < 4.78 is 0. The highest BCUT2D eigenvalue weighted by atomic mass is 16.1. The molecule has 1 unspecified atom stereocenters. The van der Waals surface area contributed by atoms with E-state index in [4.69, 9.17) is 0 Å². The summed E-state index contributed by atoms with van der Waals surface area (Å²) >= 11 is 0. The molecule has 0 aromatic heterocycles. The molecular formula is C15H19NO2. The van der Waals surface area contributed by atoms with Gasteiger partial charge in [-0.3, -0.25) is 4.79 Å². The van der Waals surface area contributed by atoms with Crippen LogP contribution in [0.1, 0.15) is 18.4 Å². The van der Waals surface area contributed by atoms with Gasteiger partial charge in [0.1, 0.15) is 12.1 Å². The first-order chi connectivity index (χ1) is 8.81. The number of rotatable bonds is 5. The molecule has 1 atom stereocenters. The first-order valence-electron chi connectivity index (χ1n) is 6.54. The molecule has 2 rings (SSSR count). The number of ketones is 1. The van der Waals surface area contributed by atoms with Gasteiger partial charge in [-0.05, 0) is 37.4 Å². The third kappa shape index (κ3) is 3.26. The van der Waals surface area contributed by atoms with E-state index >= 15 is 0 Å². The van der Waals surface area contributed by atoms with Gasteiger partial charge in [-0.15, -0.1) is 0 Å². The molecule has 0 radical (unpaired) electrons. The van der Waals surface area contributed by atoms with Crippen molar-refractivity contribution in [2.45, 2.75) is 19.3 Å². The average molecular weight is 245 g/mol. The normalized spacial score (nSPS) is 18.2. The fourth-order valence-electron chi connectivity index (χ4n) is 2.57. The summed E-state index contributed by atoms with van der Waals surface area (Å²) in [5.74, 6) is -0.143. The van der Waals surface area contributed by atoms with Gasteiger partial charge in [0.05, 0.1) is 5.92 Å². The monoisotopic (exact) mass is 245 g/mol. The summed E-state index contributed by atoms with van der Waals surface area (Å²) in [4.78, 5) is 23.4. The fourth-order valence-corrected chi connectivity index (χ4v) is 2.57. The summed E-state index contributed by atoms with van der Waals surface area (Å²) in [5.41, 5.74) is 0.989. The second kappa shape index (κ2) is 6.45. The maximum atomic E-state index is 12.2. The lowest BCUT2D eigenvalue weighted by Crippen LogP contribution is -2.36. The molecule has 18 heavy (non-hydrogen) atoms. The van der Waals surface area contributed by atoms with Crippen molar-refractivity contribution in [1.82, 2.24) is 5.32 Å². The van der Waals surface area contributed by atoms with Gasteiger partial charge in [0.15, 0.2) is 0 Å². The maximum Gasteiger partial charge on any atom is 0.147 e. The van der Waals surface area contributed by atoms with Crippen LogP contribution in [0.2, 0.25) is 0 Å². The largest absolute Gasteiger partial charge is 0.317 e. The van der Waals surface area contributed by atoms with Gasteiger partial charge in [0.25, 0.3) is 0 Å². The van der Waals surface area contributed by atoms with Crippen LogP contribution in [-0.4, -0.2) is 25.2 Å². The molecule has 1 aromatic rings. The predicted molar refractivity (Wildman–Crippen MR) is 70.3 cm³/mol. The van der Waals surface area contributed by atoms with E-state index in [1.807, 2.05) is 30.3 Å². The molecule has 96 valence electrons. The number of hydrogen-bond donors (Lipinski definition) is 1. The minimum absolute atomic E-state index is 0.0584.